The van der Waals surface area contributed by atoms with Crippen molar-refractivity contribution in [2.45, 2.75) is 19.6 Å². The number of allylic oxidation sites excluding steroid dienone is 1. The highest BCUT2D eigenvalue weighted by molar-refractivity contribution is 6.35. The van der Waals surface area contributed by atoms with Crippen molar-refractivity contribution in [3.05, 3.63) is 135 Å². The number of hydrogen-bond acceptors (Lipinski definition) is 3. The Morgan fingerprint density at radius 1 is 0.722 bits per heavy atom. The summed E-state index contributed by atoms with van der Waals surface area (Å²) in [6.07, 6.45) is 4.81. The molecule has 1 aliphatic rings. The lowest BCUT2D eigenvalue weighted by Crippen LogP contribution is -2.12. The highest BCUT2D eigenvalue weighted by Gasteiger charge is 2.18. The average Bonchev–Trinajstić information content (AvgIpc) is 2.91. The summed E-state index contributed by atoms with van der Waals surface area (Å²) >= 11 is 12.4. The van der Waals surface area contributed by atoms with Crippen molar-refractivity contribution in [1.29, 1.82) is 0 Å². The Hall–Kier alpha value is -3.53. The van der Waals surface area contributed by atoms with Crippen LogP contribution in [0.15, 0.2) is 102 Å². The standard InChI is InChI=1S/C31H25Cl2NO2/c32-26-13-11-24(28(33)18-26)12-14-29-27-19-31(36-21-23-9-5-2-6-10-23)30(17-25(27)15-16-34-29)35-20-22-7-3-1-4-8-22/h1-14,17-19H,15-16,20-21H2. The van der Waals surface area contributed by atoms with Crippen LogP contribution in [0.1, 0.15) is 27.8 Å². The average molecular weight is 514 g/mol. The normalized spacial score (nSPS) is 12.8. The Morgan fingerprint density at radius 2 is 1.36 bits per heavy atom. The highest BCUT2D eigenvalue weighted by atomic mass is 35.5. The zero-order valence-electron chi connectivity index (χ0n) is 19.7. The zero-order chi connectivity index (χ0) is 24.7. The minimum absolute atomic E-state index is 0.448. The van der Waals surface area contributed by atoms with Gasteiger partial charge >= 0.3 is 0 Å². The molecule has 4 aromatic rings. The Balaban J connectivity index is 1.44. The van der Waals surface area contributed by atoms with E-state index in [9.17, 15) is 0 Å². The molecule has 0 N–H and O–H groups in total. The molecule has 180 valence electrons. The molecule has 5 rings (SSSR count). The number of aliphatic imine (C=N–C) groups is 1. The second kappa shape index (κ2) is 11.5. The Morgan fingerprint density at radius 3 is 2.00 bits per heavy atom. The number of halogens is 2. The van der Waals surface area contributed by atoms with Crippen LogP contribution in [0.3, 0.4) is 0 Å². The van der Waals surface area contributed by atoms with Crippen molar-refractivity contribution in [2.75, 3.05) is 6.54 Å². The van der Waals surface area contributed by atoms with Gasteiger partial charge in [-0.3, -0.25) is 4.99 Å². The molecule has 0 saturated carbocycles. The number of ether oxygens (including phenoxy) is 2. The molecule has 0 bridgehead atoms. The highest BCUT2D eigenvalue weighted by Crippen LogP contribution is 2.35. The van der Waals surface area contributed by atoms with Crippen LogP contribution in [-0.4, -0.2) is 12.3 Å². The second-order valence-corrected chi connectivity index (χ2v) is 9.36. The van der Waals surface area contributed by atoms with E-state index in [4.69, 9.17) is 37.7 Å². The maximum absolute atomic E-state index is 6.37. The summed E-state index contributed by atoms with van der Waals surface area (Å²) in [5.74, 6) is 1.43. The largest absolute Gasteiger partial charge is 0.485 e. The van der Waals surface area contributed by atoms with Gasteiger partial charge in [0, 0.05) is 22.2 Å². The van der Waals surface area contributed by atoms with Crippen molar-refractivity contribution in [3.63, 3.8) is 0 Å². The lowest BCUT2D eigenvalue weighted by molar-refractivity contribution is 0.255. The first-order valence-corrected chi connectivity index (χ1v) is 12.6. The summed E-state index contributed by atoms with van der Waals surface area (Å²) in [4.78, 5) is 4.78. The molecule has 0 radical (unpaired) electrons. The van der Waals surface area contributed by atoms with Gasteiger partial charge < -0.3 is 9.47 Å². The van der Waals surface area contributed by atoms with Gasteiger partial charge in [-0.15, -0.1) is 0 Å². The van der Waals surface area contributed by atoms with Crippen LogP contribution in [-0.2, 0) is 19.6 Å². The Labute approximate surface area is 221 Å². The molecular formula is C31H25Cl2NO2. The van der Waals surface area contributed by atoms with E-state index in [1.165, 1.54) is 5.56 Å². The molecule has 4 aromatic carbocycles. The van der Waals surface area contributed by atoms with E-state index >= 15 is 0 Å². The number of rotatable bonds is 8. The van der Waals surface area contributed by atoms with Crippen molar-refractivity contribution >= 4 is 35.0 Å². The van der Waals surface area contributed by atoms with E-state index < -0.39 is 0 Å². The van der Waals surface area contributed by atoms with Crippen molar-refractivity contribution in [3.8, 4) is 11.5 Å². The smallest absolute Gasteiger partial charge is 0.162 e. The molecule has 3 nitrogen and oxygen atoms in total. The summed E-state index contributed by atoms with van der Waals surface area (Å²) in [6.45, 7) is 1.63. The van der Waals surface area contributed by atoms with E-state index in [0.29, 0.717) is 35.6 Å². The molecule has 36 heavy (non-hydrogen) atoms. The molecule has 0 spiro atoms. The lowest BCUT2D eigenvalue weighted by Gasteiger charge is -2.20. The maximum atomic E-state index is 6.37. The van der Waals surface area contributed by atoms with E-state index in [0.717, 1.165) is 40.1 Å². The van der Waals surface area contributed by atoms with Crippen molar-refractivity contribution in [2.24, 2.45) is 4.99 Å². The molecule has 0 fully saturated rings. The van der Waals surface area contributed by atoms with E-state index in [1.54, 1.807) is 6.07 Å². The van der Waals surface area contributed by atoms with Crippen LogP contribution >= 0.6 is 23.2 Å². The van der Waals surface area contributed by atoms with E-state index in [-0.39, 0.29) is 0 Å². The third kappa shape index (κ3) is 5.99. The topological polar surface area (TPSA) is 30.8 Å². The fraction of sp³-hybridized carbons (Fsp3) is 0.129. The molecule has 0 atom stereocenters. The summed E-state index contributed by atoms with van der Waals surface area (Å²) < 4.78 is 12.5. The monoisotopic (exact) mass is 513 g/mol. The predicted octanol–water partition coefficient (Wildman–Crippen LogP) is 8.21. The molecule has 0 saturated heterocycles. The zero-order valence-corrected chi connectivity index (χ0v) is 21.2. The van der Waals surface area contributed by atoms with Gasteiger partial charge in [0.15, 0.2) is 11.5 Å². The van der Waals surface area contributed by atoms with Gasteiger partial charge in [-0.05, 0) is 59.0 Å². The van der Waals surface area contributed by atoms with Gasteiger partial charge in [-0.1, -0.05) is 96.0 Å². The quantitative estimate of drug-likeness (QED) is 0.237. The van der Waals surface area contributed by atoms with E-state index in [2.05, 4.69) is 18.2 Å². The molecule has 0 unspecified atom stereocenters. The molecular weight excluding hydrogens is 489 g/mol. The first kappa shape index (κ1) is 24.2. The second-order valence-electron chi connectivity index (χ2n) is 8.52. The van der Waals surface area contributed by atoms with Gasteiger partial charge in [0.1, 0.15) is 13.2 Å². The fourth-order valence-corrected chi connectivity index (χ4v) is 4.54. The number of benzene rings is 4. The fourth-order valence-electron chi connectivity index (χ4n) is 4.07. The minimum atomic E-state index is 0.448. The summed E-state index contributed by atoms with van der Waals surface area (Å²) in [5.41, 5.74) is 6.20. The lowest BCUT2D eigenvalue weighted by atomic mass is 9.96. The van der Waals surface area contributed by atoms with Crippen LogP contribution < -0.4 is 9.47 Å². The van der Waals surface area contributed by atoms with Crippen LogP contribution in [0.5, 0.6) is 11.5 Å². The van der Waals surface area contributed by atoms with Gasteiger partial charge in [0.25, 0.3) is 0 Å². The first-order chi connectivity index (χ1) is 17.7. The minimum Gasteiger partial charge on any atom is -0.485 e. The summed E-state index contributed by atoms with van der Waals surface area (Å²) in [5, 5.41) is 1.22. The number of hydrogen-bond donors (Lipinski definition) is 0. The Kier molecular flexibility index (Phi) is 7.70. The summed E-state index contributed by atoms with van der Waals surface area (Å²) in [6, 6.07) is 29.9. The number of nitrogens with zero attached hydrogens (tertiary/aromatic N) is 1. The van der Waals surface area contributed by atoms with Gasteiger partial charge in [0.05, 0.1) is 5.71 Å². The maximum Gasteiger partial charge on any atom is 0.162 e. The Bertz CT molecular complexity index is 1400. The van der Waals surface area contributed by atoms with Crippen molar-refractivity contribution < 1.29 is 9.47 Å². The third-order valence-corrected chi connectivity index (χ3v) is 6.53. The van der Waals surface area contributed by atoms with Gasteiger partial charge in [0.2, 0.25) is 0 Å². The first-order valence-electron chi connectivity index (χ1n) is 11.8. The number of fused-ring (bicyclic) bond motifs is 1. The van der Waals surface area contributed by atoms with Crippen LogP contribution in [0.4, 0.5) is 0 Å². The third-order valence-electron chi connectivity index (χ3n) is 5.97. The molecule has 0 aromatic heterocycles. The predicted molar refractivity (Wildman–Crippen MR) is 149 cm³/mol. The van der Waals surface area contributed by atoms with Gasteiger partial charge in [-0.25, -0.2) is 0 Å². The summed E-state index contributed by atoms with van der Waals surface area (Å²) in [7, 11) is 0. The van der Waals surface area contributed by atoms with E-state index in [1.807, 2.05) is 78.9 Å². The van der Waals surface area contributed by atoms with Gasteiger partial charge in [-0.2, -0.15) is 0 Å². The SMILES string of the molecule is Clc1ccc(C=CC2=NCCc3cc(OCc4ccccc4)c(OCc4ccccc4)cc32)c(Cl)c1. The molecule has 1 aliphatic heterocycles. The molecule has 5 heteroatoms. The molecule has 1 heterocycles. The van der Waals surface area contributed by atoms with Crippen LogP contribution in [0.25, 0.3) is 6.08 Å². The van der Waals surface area contributed by atoms with Crippen LogP contribution in [0.2, 0.25) is 10.0 Å². The van der Waals surface area contributed by atoms with Crippen molar-refractivity contribution in [1.82, 2.24) is 0 Å². The molecule has 0 amide bonds. The van der Waals surface area contributed by atoms with Crippen LogP contribution in [0, 0.1) is 0 Å². The molecule has 0 aliphatic carbocycles.